The van der Waals surface area contributed by atoms with Gasteiger partial charge in [0.15, 0.2) is 0 Å². The molecule has 19 heavy (non-hydrogen) atoms. The van der Waals surface area contributed by atoms with Gasteiger partial charge in [0.05, 0.1) is 0 Å². The first-order chi connectivity index (χ1) is 9.33. The maximum Gasteiger partial charge on any atom is 0.131 e. The summed E-state index contributed by atoms with van der Waals surface area (Å²) in [4.78, 5) is 0. The van der Waals surface area contributed by atoms with Gasteiger partial charge in [-0.1, -0.05) is 44.2 Å². The lowest BCUT2D eigenvalue weighted by Crippen LogP contribution is -2.12. The lowest BCUT2D eigenvalue weighted by atomic mass is 10.1. The van der Waals surface area contributed by atoms with Crippen LogP contribution in [0.5, 0.6) is 11.5 Å². The Balaban J connectivity index is 2.12. The summed E-state index contributed by atoms with van der Waals surface area (Å²) in [5.41, 5.74) is 2.51. The predicted molar refractivity (Wildman–Crippen MR) is 79.7 cm³/mol. The Bertz CT molecular complexity index is 505. The first kappa shape index (κ1) is 13.6. The molecule has 0 atom stereocenters. The van der Waals surface area contributed by atoms with Gasteiger partial charge >= 0.3 is 0 Å². The van der Waals surface area contributed by atoms with Gasteiger partial charge in [0.1, 0.15) is 11.5 Å². The highest BCUT2D eigenvalue weighted by Crippen LogP contribution is 2.25. The Labute approximate surface area is 115 Å². The summed E-state index contributed by atoms with van der Waals surface area (Å²) in [6.45, 7) is 6.05. The van der Waals surface area contributed by atoms with Crippen molar-refractivity contribution in [2.24, 2.45) is 0 Å². The lowest BCUT2D eigenvalue weighted by Gasteiger charge is -2.11. The molecular weight excluding hydrogens is 234 g/mol. The molecule has 2 aromatic carbocycles. The van der Waals surface area contributed by atoms with Gasteiger partial charge in [0.2, 0.25) is 0 Å². The molecule has 0 aliphatic rings. The van der Waals surface area contributed by atoms with Crippen molar-refractivity contribution in [3.8, 4) is 11.5 Å². The average molecular weight is 255 g/mol. The van der Waals surface area contributed by atoms with Crippen LogP contribution in [0.15, 0.2) is 48.5 Å². The standard InChI is InChI=1S/C17H21NO/c1-3-14-9-11-16(12-10-14)19-17-8-6-5-7-15(17)13-18-4-2/h5-12,18H,3-4,13H2,1-2H3. The number of para-hydroxylation sites is 1. The molecule has 0 aliphatic heterocycles. The first-order valence-electron chi connectivity index (χ1n) is 6.89. The maximum absolute atomic E-state index is 5.97. The van der Waals surface area contributed by atoms with Gasteiger partial charge in [0.25, 0.3) is 0 Å². The Kier molecular flexibility index (Phi) is 4.99. The van der Waals surface area contributed by atoms with E-state index in [2.05, 4.69) is 37.4 Å². The van der Waals surface area contributed by atoms with Crippen LogP contribution in [0.4, 0.5) is 0 Å². The van der Waals surface area contributed by atoms with Gasteiger partial charge in [-0.25, -0.2) is 0 Å². The van der Waals surface area contributed by atoms with Crippen LogP contribution < -0.4 is 10.1 Å². The monoisotopic (exact) mass is 255 g/mol. The van der Waals surface area contributed by atoms with E-state index in [1.807, 2.05) is 30.3 Å². The number of hydrogen-bond acceptors (Lipinski definition) is 2. The van der Waals surface area contributed by atoms with E-state index >= 15 is 0 Å². The van der Waals surface area contributed by atoms with Crippen LogP contribution in [0.25, 0.3) is 0 Å². The molecule has 2 rings (SSSR count). The highest BCUT2D eigenvalue weighted by molar-refractivity contribution is 5.38. The Morgan fingerprint density at radius 3 is 2.37 bits per heavy atom. The molecule has 0 saturated carbocycles. The molecule has 0 amide bonds. The van der Waals surface area contributed by atoms with E-state index < -0.39 is 0 Å². The van der Waals surface area contributed by atoms with Crippen molar-refractivity contribution >= 4 is 0 Å². The molecule has 0 saturated heterocycles. The molecule has 0 bridgehead atoms. The van der Waals surface area contributed by atoms with Crippen LogP contribution in [0.3, 0.4) is 0 Å². The van der Waals surface area contributed by atoms with Crippen molar-refractivity contribution in [1.29, 1.82) is 0 Å². The summed E-state index contributed by atoms with van der Waals surface area (Å²) >= 11 is 0. The molecule has 0 fully saturated rings. The number of nitrogens with one attached hydrogen (secondary N) is 1. The summed E-state index contributed by atoms with van der Waals surface area (Å²) in [5, 5.41) is 3.33. The van der Waals surface area contributed by atoms with Crippen LogP contribution in [-0.2, 0) is 13.0 Å². The molecule has 1 N–H and O–H groups in total. The van der Waals surface area contributed by atoms with Crippen molar-refractivity contribution in [2.75, 3.05) is 6.54 Å². The van der Waals surface area contributed by atoms with Crippen molar-refractivity contribution in [3.05, 3.63) is 59.7 Å². The van der Waals surface area contributed by atoms with Crippen LogP contribution in [0.1, 0.15) is 25.0 Å². The zero-order chi connectivity index (χ0) is 13.5. The topological polar surface area (TPSA) is 21.3 Å². The molecule has 0 heterocycles. The second kappa shape index (κ2) is 6.95. The summed E-state index contributed by atoms with van der Waals surface area (Å²) in [5.74, 6) is 1.81. The van der Waals surface area contributed by atoms with E-state index in [1.54, 1.807) is 0 Å². The quantitative estimate of drug-likeness (QED) is 0.837. The van der Waals surface area contributed by atoms with Gasteiger partial charge < -0.3 is 10.1 Å². The second-order valence-electron chi connectivity index (χ2n) is 4.49. The van der Waals surface area contributed by atoms with Gasteiger partial charge in [0, 0.05) is 12.1 Å². The molecule has 0 radical (unpaired) electrons. The molecule has 0 unspecified atom stereocenters. The summed E-state index contributed by atoms with van der Waals surface area (Å²) in [7, 11) is 0. The largest absolute Gasteiger partial charge is 0.457 e. The summed E-state index contributed by atoms with van der Waals surface area (Å²) < 4.78 is 5.97. The van der Waals surface area contributed by atoms with Crippen molar-refractivity contribution in [3.63, 3.8) is 0 Å². The number of aryl methyl sites for hydroxylation is 1. The highest BCUT2D eigenvalue weighted by atomic mass is 16.5. The van der Waals surface area contributed by atoms with E-state index in [0.29, 0.717) is 0 Å². The van der Waals surface area contributed by atoms with E-state index in [-0.39, 0.29) is 0 Å². The fraction of sp³-hybridized carbons (Fsp3) is 0.294. The molecular formula is C17H21NO. The molecule has 2 heteroatoms. The second-order valence-corrected chi connectivity index (χ2v) is 4.49. The van der Waals surface area contributed by atoms with Crippen LogP contribution in [0, 0.1) is 0 Å². The maximum atomic E-state index is 5.97. The smallest absolute Gasteiger partial charge is 0.131 e. The van der Waals surface area contributed by atoms with Crippen molar-refractivity contribution in [2.45, 2.75) is 26.8 Å². The van der Waals surface area contributed by atoms with Crippen LogP contribution >= 0.6 is 0 Å². The molecule has 0 aliphatic carbocycles. The van der Waals surface area contributed by atoms with Crippen LogP contribution in [0.2, 0.25) is 0 Å². The third-order valence-corrected chi connectivity index (χ3v) is 3.10. The van der Waals surface area contributed by atoms with Crippen molar-refractivity contribution in [1.82, 2.24) is 5.32 Å². The summed E-state index contributed by atoms with van der Waals surface area (Å²) in [6, 6.07) is 16.4. The fourth-order valence-electron chi connectivity index (χ4n) is 1.93. The number of benzene rings is 2. The highest BCUT2D eigenvalue weighted by Gasteiger charge is 2.03. The third-order valence-electron chi connectivity index (χ3n) is 3.10. The molecule has 2 nitrogen and oxygen atoms in total. The first-order valence-corrected chi connectivity index (χ1v) is 6.89. The minimum atomic E-state index is 0.833. The minimum Gasteiger partial charge on any atom is -0.457 e. The normalized spacial score (nSPS) is 10.4. The van der Waals surface area contributed by atoms with Crippen LogP contribution in [-0.4, -0.2) is 6.54 Å². The Hall–Kier alpha value is -1.80. The van der Waals surface area contributed by atoms with E-state index in [0.717, 1.165) is 31.0 Å². The van der Waals surface area contributed by atoms with E-state index in [9.17, 15) is 0 Å². The van der Waals surface area contributed by atoms with Gasteiger partial charge in [-0.15, -0.1) is 0 Å². The zero-order valence-corrected chi connectivity index (χ0v) is 11.6. The fourth-order valence-corrected chi connectivity index (χ4v) is 1.93. The van der Waals surface area contributed by atoms with E-state index in [1.165, 1.54) is 11.1 Å². The zero-order valence-electron chi connectivity index (χ0n) is 11.6. The molecule has 100 valence electrons. The summed E-state index contributed by atoms with van der Waals surface area (Å²) in [6.07, 6.45) is 1.05. The Morgan fingerprint density at radius 2 is 1.68 bits per heavy atom. The molecule has 2 aromatic rings. The lowest BCUT2D eigenvalue weighted by molar-refractivity contribution is 0.473. The average Bonchev–Trinajstić information content (AvgIpc) is 2.47. The number of ether oxygens (including phenoxy) is 1. The molecule has 0 aromatic heterocycles. The van der Waals surface area contributed by atoms with Gasteiger partial charge in [-0.2, -0.15) is 0 Å². The SMILES string of the molecule is CCNCc1ccccc1Oc1ccc(CC)cc1. The van der Waals surface area contributed by atoms with E-state index in [4.69, 9.17) is 4.74 Å². The molecule has 0 spiro atoms. The third kappa shape index (κ3) is 3.83. The van der Waals surface area contributed by atoms with Gasteiger partial charge in [-0.05, 0) is 36.7 Å². The Morgan fingerprint density at radius 1 is 0.947 bits per heavy atom. The van der Waals surface area contributed by atoms with Gasteiger partial charge in [-0.3, -0.25) is 0 Å². The van der Waals surface area contributed by atoms with Crippen molar-refractivity contribution < 1.29 is 4.74 Å². The predicted octanol–water partition coefficient (Wildman–Crippen LogP) is 4.15. The number of hydrogen-bond donors (Lipinski definition) is 1. The minimum absolute atomic E-state index is 0.833. The number of rotatable bonds is 6.